The van der Waals surface area contributed by atoms with Crippen molar-refractivity contribution in [3.8, 4) is 17.2 Å². The maximum atomic E-state index is 5.42. The van der Waals surface area contributed by atoms with Crippen LogP contribution in [0, 0.1) is 5.92 Å². The molecule has 2 rings (SSSR count). The average molecular weight is 534 g/mol. The van der Waals surface area contributed by atoms with Crippen LogP contribution in [-0.4, -0.2) is 65.4 Å². The number of halogens is 1. The summed E-state index contributed by atoms with van der Waals surface area (Å²) in [6, 6.07) is 3.89. The predicted octanol–water partition coefficient (Wildman–Crippen LogP) is 3.51. The van der Waals surface area contributed by atoms with Crippen molar-refractivity contribution in [3.63, 3.8) is 0 Å². The summed E-state index contributed by atoms with van der Waals surface area (Å²) in [5, 5.41) is 6.75. The lowest BCUT2D eigenvalue weighted by atomic mass is 10.0. The Morgan fingerprint density at radius 2 is 1.80 bits per heavy atom. The third-order valence-corrected chi connectivity index (χ3v) is 5.34. The van der Waals surface area contributed by atoms with E-state index in [2.05, 4.69) is 27.4 Å². The number of hydrogen-bond donors (Lipinski definition) is 2. The van der Waals surface area contributed by atoms with Crippen molar-refractivity contribution in [3.05, 3.63) is 17.7 Å². The minimum atomic E-state index is 0. The molecule has 1 aliphatic rings. The van der Waals surface area contributed by atoms with Gasteiger partial charge in [-0.25, -0.2) is 0 Å². The standard InChI is InChI=1S/C22H38N4O3.HI/c1-17-9-8-12-26(16-17)11-7-6-10-24-22(23-2)25-15-18-13-19(27-3)21(29-5)20(14-18)28-4;/h13-14,17H,6-12,15-16H2,1-5H3,(H2,23,24,25);1H. The predicted molar refractivity (Wildman–Crippen MR) is 134 cm³/mol. The second kappa shape index (κ2) is 14.6. The molecule has 0 amide bonds. The molecule has 1 aliphatic heterocycles. The highest BCUT2D eigenvalue weighted by Gasteiger charge is 2.15. The van der Waals surface area contributed by atoms with Crippen LogP contribution in [0.3, 0.4) is 0 Å². The first kappa shape index (κ1) is 26.6. The third-order valence-electron chi connectivity index (χ3n) is 5.34. The lowest BCUT2D eigenvalue weighted by Crippen LogP contribution is -2.38. The van der Waals surface area contributed by atoms with Crippen LogP contribution < -0.4 is 24.8 Å². The molecule has 8 heteroatoms. The Kier molecular flexibility index (Phi) is 12.9. The Morgan fingerprint density at radius 3 is 2.37 bits per heavy atom. The van der Waals surface area contributed by atoms with Crippen LogP contribution in [-0.2, 0) is 6.54 Å². The van der Waals surface area contributed by atoms with Gasteiger partial charge in [0.25, 0.3) is 0 Å². The first-order chi connectivity index (χ1) is 14.1. The molecule has 1 aromatic carbocycles. The van der Waals surface area contributed by atoms with Crippen LogP contribution in [0.25, 0.3) is 0 Å². The lowest BCUT2D eigenvalue weighted by molar-refractivity contribution is 0.181. The van der Waals surface area contributed by atoms with E-state index in [0.29, 0.717) is 23.8 Å². The van der Waals surface area contributed by atoms with Crippen LogP contribution in [0.2, 0.25) is 0 Å². The van der Waals surface area contributed by atoms with E-state index < -0.39 is 0 Å². The van der Waals surface area contributed by atoms with Crippen LogP contribution in [0.15, 0.2) is 17.1 Å². The zero-order valence-corrected chi connectivity index (χ0v) is 21.5. The number of likely N-dealkylation sites (tertiary alicyclic amines) is 1. The van der Waals surface area contributed by atoms with E-state index in [1.54, 1.807) is 28.4 Å². The van der Waals surface area contributed by atoms with Gasteiger partial charge in [-0.05, 0) is 62.4 Å². The highest BCUT2D eigenvalue weighted by molar-refractivity contribution is 14.0. The van der Waals surface area contributed by atoms with Crippen molar-refractivity contribution in [1.29, 1.82) is 0 Å². The van der Waals surface area contributed by atoms with Crippen molar-refractivity contribution < 1.29 is 14.2 Å². The molecule has 0 bridgehead atoms. The van der Waals surface area contributed by atoms with Crippen molar-refractivity contribution in [1.82, 2.24) is 15.5 Å². The Hall–Kier alpha value is -1.42. The molecule has 7 nitrogen and oxygen atoms in total. The Labute approximate surface area is 199 Å². The molecule has 1 unspecified atom stereocenters. The van der Waals surface area contributed by atoms with E-state index in [9.17, 15) is 0 Å². The first-order valence-electron chi connectivity index (χ1n) is 10.6. The van der Waals surface area contributed by atoms with Gasteiger partial charge in [0.1, 0.15) is 0 Å². The van der Waals surface area contributed by atoms with Crippen LogP contribution >= 0.6 is 24.0 Å². The van der Waals surface area contributed by atoms with Gasteiger partial charge in [0.15, 0.2) is 17.5 Å². The fraction of sp³-hybridized carbons (Fsp3) is 0.682. The number of unbranched alkanes of at least 4 members (excludes halogenated alkanes) is 1. The number of benzene rings is 1. The summed E-state index contributed by atoms with van der Waals surface area (Å²) in [4.78, 5) is 6.92. The Balaban J connectivity index is 0.00000450. The number of nitrogens with one attached hydrogen (secondary N) is 2. The van der Waals surface area contributed by atoms with Crippen LogP contribution in [0.5, 0.6) is 17.2 Å². The third kappa shape index (κ3) is 8.37. The van der Waals surface area contributed by atoms with E-state index in [4.69, 9.17) is 14.2 Å². The normalized spacial score (nSPS) is 17.1. The summed E-state index contributed by atoms with van der Waals surface area (Å²) in [7, 11) is 6.65. The largest absolute Gasteiger partial charge is 0.493 e. The first-order valence-corrected chi connectivity index (χ1v) is 10.6. The molecule has 2 N–H and O–H groups in total. The van der Waals surface area contributed by atoms with Crippen LogP contribution in [0.4, 0.5) is 0 Å². The fourth-order valence-electron chi connectivity index (χ4n) is 3.80. The summed E-state index contributed by atoms with van der Waals surface area (Å²) < 4.78 is 16.2. The molecular weight excluding hydrogens is 495 g/mol. The number of hydrogen-bond acceptors (Lipinski definition) is 5. The number of aliphatic imine (C=N–C) groups is 1. The van der Waals surface area contributed by atoms with Gasteiger partial charge in [0.2, 0.25) is 5.75 Å². The number of nitrogens with zero attached hydrogens (tertiary/aromatic N) is 2. The summed E-state index contributed by atoms with van der Waals surface area (Å²) >= 11 is 0. The maximum absolute atomic E-state index is 5.42. The molecule has 0 aliphatic carbocycles. The molecule has 1 atom stereocenters. The zero-order valence-electron chi connectivity index (χ0n) is 19.1. The molecular formula is C22H39IN4O3. The second-order valence-corrected chi connectivity index (χ2v) is 7.64. The number of ether oxygens (including phenoxy) is 3. The molecule has 0 saturated carbocycles. The van der Waals surface area contributed by atoms with Gasteiger partial charge >= 0.3 is 0 Å². The lowest BCUT2D eigenvalue weighted by Gasteiger charge is -2.30. The summed E-state index contributed by atoms with van der Waals surface area (Å²) in [6.45, 7) is 7.60. The van der Waals surface area contributed by atoms with Crippen molar-refractivity contribution in [2.45, 2.75) is 39.2 Å². The fourth-order valence-corrected chi connectivity index (χ4v) is 3.80. The van der Waals surface area contributed by atoms with E-state index >= 15 is 0 Å². The van der Waals surface area contributed by atoms with Crippen molar-refractivity contribution in [2.75, 3.05) is 54.6 Å². The van der Waals surface area contributed by atoms with Gasteiger partial charge in [-0.3, -0.25) is 4.99 Å². The van der Waals surface area contributed by atoms with E-state index in [-0.39, 0.29) is 24.0 Å². The number of guanidine groups is 1. The smallest absolute Gasteiger partial charge is 0.203 e. The molecule has 1 heterocycles. The summed E-state index contributed by atoms with van der Waals surface area (Å²) in [5.41, 5.74) is 1.03. The van der Waals surface area contributed by atoms with Gasteiger partial charge in [-0.1, -0.05) is 6.92 Å². The van der Waals surface area contributed by atoms with Crippen molar-refractivity contribution >= 4 is 29.9 Å². The highest BCUT2D eigenvalue weighted by Crippen LogP contribution is 2.38. The van der Waals surface area contributed by atoms with Crippen molar-refractivity contribution in [2.24, 2.45) is 10.9 Å². The second-order valence-electron chi connectivity index (χ2n) is 7.64. The van der Waals surface area contributed by atoms with Crippen LogP contribution in [0.1, 0.15) is 38.2 Å². The monoisotopic (exact) mass is 534 g/mol. The summed E-state index contributed by atoms with van der Waals surface area (Å²) in [5.74, 6) is 3.55. The minimum Gasteiger partial charge on any atom is -0.493 e. The van der Waals surface area contributed by atoms with E-state index in [1.807, 2.05) is 12.1 Å². The van der Waals surface area contributed by atoms with Gasteiger partial charge in [0.05, 0.1) is 21.3 Å². The highest BCUT2D eigenvalue weighted by atomic mass is 127. The van der Waals surface area contributed by atoms with Gasteiger partial charge in [-0.15, -0.1) is 24.0 Å². The minimum absolute atomic E-state index is 0. The summed E-state index contributed by atoms with van der Waals surface area (Å²) in [6.07, 6.45) is 5.07. The SMILES string of the molecule is CN=C(NCCCCN1CCCC(C)C1)NCc1cc(OC)c(OC)c(OC)c1.I. The molecule has 30 heavy (non-hydrogen) atoms. The Bertz CT molecular complexity index is 632. The van der Waals surface area contributed by atoms with Gasteiger partial charge in [0, 0.05) is 26.7 Å². The number of piperidine rings is 1. The molecule has 1 saturated heterocycles. The van der Waals surface area contributed by atoms with E-state index in [0.717, 1.165) is 30.4 Å². The molecule has 0 radical (unpaired) electrons. The van der Waals surface area contributed by atoms with E-state index in [1.165, 1.54) is 38.9 Å². The van der Waals surface area contributed by atoms with Gasteiger partial charge < -0.3 is 29.7 Å². The number of rotatable bonds is 10. The van der Waals surface area contributed by atoms with Gasteiger partial charge in [-0.2, -0.15) is 0 Å². The molecule has 172 valence electrons. The zero-order chi connectivity index (χ0) is 21.1. The Morgan fingerprint density at radius 1 is 1.10 bits per heavy atom. The number of methoxy groups -OCH3 is 3. The average Bonchev–Trinajstić information content (AvgIpc) is 2.74. The molecule has 1 fully saturated rings. The molecule has 0 aromatic heterocycles. The maximum Gasteiger partial charge on any atom is 0.203 e. The molecule has 0 spiro atoms. The molecule has 1 aromatic rings. The quantitative estimate of drug-likeness (QED) is 0.207. The topological polar surface area (TPSA) is 67.4 Å².